The molecule has 1 N–H and O–H groups in total. The molecule has 3 rings (SSSR count). The smallest absolute Gasteiger partial charge is 0.248 e. The highest BCUT2D eigenvalue weighted by atomic mass is 19.1. The number of anilines is 1. The lowest BCUT2D eigenvalue weighted by Gasteiger charge is -2.08. The van der Waals surface area contributed by atoms with Gasteiger partial charge in [0, 0.05) is 11.8 Å². The van der Waals surface area contributed by atoms with Crippen LogP contribution < -0.4 is 14.8 Å². The summed E-state index contributed by atoms with van der Waals surface area (Å²) in [5, 5.41) is 2.76. The molecule has 0 atom stereocenters. The van der Waals surface area contributed by atoms with E-state index in [-0.39, 0.29) is 11.7 Å². The molecule has 5 heteroatoms. The Morgan fingerprint density at radius 3 is 2.07 bits per heavy atom. The first-order valence-corrected chi connectivity index (χ1v) is 8.88. The van der Waals surface area contributed by atoms with E-state index < -0.39 is 0 Å². The molecule has 0 heterocycles. The van der Waals surface area contributed by atoms with E-state index in [1.54, 1.807) is 42.5 Å². The van der Waals surface area contributed by atoms with Crippen molar-refractivity contribution in [2.24, 2.45) is 0 Å². The van der Waals surface area contributed by atoms with E-state index in [2.05, 4.69) is 5.32 Å². The molecule has 3 aromatic carbocycles. The van der Waals surface area contributed by atoms with E-state index >= 15 is 0 Å². The van der Waals surface area contributed by atoms with E-state index in [4.69, 9.17) is 9.47 Å². The van der Waals surface area contributed by atoms with E-state index in [1.165, 1.54) is 18.2 Å². The largest absolute Gasteiger partial charge is 0.494 e. The summed E-state index contributed by atoms with van der Waals surface area (Å²) in [7, 11) is 0. The van der Waals surface area contributed by atoms with Gasteiger partial charge >= 0.3 is 0 Å². The van der Waals surface area contributed by atoms with Crippen LogP contribution in [-0.4, -0.2) is 12.5 Å². The lowest BCUT2D eigenvalue weighted by molar-refractivity contribution is -0.111. The molecule has 0 saturated heterocycles. The molecule has 1 amide bonds. The Kier molecular flexibility index (Phi) is 6.41. The summed E-state index contributed by atoms with van der Waals surface area (Å²) in [6.45, 7) is 2.55. The fraction of sp³-hybridized carbons (Fsp3) is 0.0870. The van der Waals surface area contributed by atoms with Crippen LogP contribution in [0.4, 0.5) is 10.1 Å². The maximum absolute atomic E-state index is 12.9. The Labute approximate surface area is 163 Å². The number of ether oxygens (including phenoxy) is 2. The maximum atomic E-state index is 12.9. The number of hydrogen-bond donors (Lipinski definition) is 1. The minimum absolute atomic E-state index is 0.274. The molecular weight excluding hydrogens is 357 g/mol. The van der Waals surface area contributed by atoms with Crippen LogP contribution in [0.25, 0.3) is 6.08 Å². The van der Waals surface area contributed by atoms with Crippen molar-refractivity contribution in [3.8, 4) is 17.2 Å². The summed E-state index contributed by atoms with van der Waals surface area (Å²) in [6.07, 6.45) is 3.02. The van der Waals surface area contributed by atoms with Gasteiger partial charge in [0.05, 0.1) is 6.61 Å². The Morgan fingerprint density at radius 1 is 0.893 bits per heavy atom. The quantitative estimate of drug-likeness (QED) is 0.540. The lowest BCUT2D eigenvalue weighted by atomic mass is 10.2. The minimum Gasteiger partial charge on any atom is -0.494 e. The van der Waals surface area contributed by atoms with E-state index in [0.717, 1.165) is 11.3 Å². The molecule has 142 valence electrons. The second-order valence-electron chi connectivity index (χ2n) is 5.90. The molecule has 0 fully saturated rings. The van der Waals surface area contributed by atoms with Gasteiger partial charge in [-0.15, -0.1) is 0 Å². The molecule has 0 aliphatic rings. The van der Waals surface area contributed by atoms with Gasteiger partial charge in [-0.2, -0.15) is 0 Å². The molecule has 0 unspecified atom stereocenters. The summed E-state index contributed by atoms with van der Waals surface area (Å²) < 4.78 is 24.0. The highest BCUT2D eigenvalue weighted by Gasteiger charge is 2.01. The van der Waals surface area contributed by atoms with Gasteiger partial charge in [-0.3, -0.25) is 4.79 Å². The SMILES string of the molecule is CCOc1ccc(Oc2ccc(NC(=O)/C=C/c3ccc(F)cc3)cc2)cc1. The summed E-state index contributed by atoms with van der Waals surface area (Å²) in [5.74, 6) is 1.56. The Balaban J connectivity index is 1.54. The van der Waals surface area contributed by atoms with Gasteiger partial charge in [0.1, 0.15) is 23.1 Å². The fourth-order valence-corrected chi connectivity index (χ4v) is 2.44. The van der Waals surface area contributed by atoms with Crippen molar-refractivity contribution < 1.29 is 18.7 Å². The summed E-state index contributed by atoms with van der Waals surface area (Å²) in [4.78, 5) is 12.0. The monoisotopic (exact) mass is 377 g/mol. The maximum Gasteiger partial charge on any atom is 0.248 e. The molecule has 0 radical (unpaired) electrons. The number of amides is 1. The third-order valence-corrected chi connectivity index (χ3v) is 3.79. The summed E-state index contributed by atoms with van der Waals surface area (Å²) >= 11 is 0. The molecule has 0 aromatic heterocycles. The predicted octanol–water partition coefficient (Wildman–Crippen LogP) is 5.67. The third kappa shape index (κ3) is 5.71. The van der Waals surface area contributed by atoms with Crippen LogP contribution in [0.5, 0.6) is 17.2 Å². The standard InChI is InChI=1S/C23H20FNO3/c1-2-27-20-12-14-22(15-13-20)28-21-10-8-19(9-11-21)25-23(26)16-5-17-3-6-18(24)7-4-17/h3-16H,2H2,1H3,(H,25,26)/b16-5+. The van der Waals surface area contributed by atoms with Gasteiger partial charge in [0.15, 0.2) is 0 Å². The fourth-order valence-electron chi connectivity index (χ4n) is 2.44. The van der Waals surface area contributed by atoms with E-state index in [9.17, 15) is 9.18 Å². The normalized spacial score (nSPS) is 10.6. The minimum atomic E-state index is -0.311. The lowest BCUT2D eigenvalue weighted by Crippen LogP contribution is -2.07. The van der Waals surface area contributed by atoms with Crippen molar-refractivity contribution >= 4 is 17.7 Å². The third-order valence-electron chi connectivity index (χ3n) is 3.79. The van der Waals surface area contributed by atoms with E-state index in [0.29, 0.717) is 23.8 Å². The van der Waals surface area contributed by atoms with Crippen molar-refractivity contribution in [3.63, 3.8) is 0 Å². The Bertz CT molecular complexity index is 933. The van der Waals surface area contributed by atoms with Gasteiger partial charge in [-0.1, -0.05) is 12.1 Å². The molecule has 0 spiro atoms. The first kappa shape index (κ1) is 19.2. The van der Waals surface area contributed by atoms with E-state index in [1.807, 2.05) is 31.2 Å². The molecule has 28 heavy (non-hydrogen) atoms. The van der Waals surface area contributed by atoms with Gasteiger partial charge in [0.2, 0.25) is 5.91 Å². The second-order valence-corrected chi connectivity index (χ2v) is 5.90. The second kappa shape index (κ2) is 9.37. The van der Waals surface area contributed by atoms with Crippen molar-refractivity contribution in [1.82, 2.24) is 0 Å². The van der Waals surface area contributed by atoms with Crippen LogP contribution in [-0.2, 0) is 4.79 Å². The number of carbonyl (C=O) groups is 1. The number of carbonyl (C=O) groups excluding carboxylic acids is 1. The first-order valence-electron chi connectivity index (χ1n) is 8.88. The topological polar surface area (TPSA) is 47.6 Å². The number of rotatable bonds is 7. The van der Waals surface area contributed by atoms with Crippen LogP contribution in [0, 0.1) is 5.82 Å². The summed E-state index contributed by atoms with van der Waals surface area (Å²) in [6, 6.07) is 20.3. The van der Waals surface area contributed by atoms with Crippen molar-refractivity contribution in [2.75, 3.05) is 11.9 Å². The highest BCUT2D eigenvalue weighted by Crippen LogP contribution is 2.25. The van der Waals surface area contributed by atoms with Crippen molar-refractivity contribution in [3.05, 3.63) is 90.3 Å². The zero-order chi connectivity index (χ0) is 19.8. The molecule has 0 aliphatic carbocycles. The van der Waals surface area contributed by atoms with Gasteiger partial charge in [0.25, 0.3) is 0 Å². The van der Waals surface area contributed by atoms with Gasteiger partial charge in [-0.25, -0.2) is 4.39 Å². The number of benzene rings is 3. The van der Waals surface area contributed by atoms with Crippen LogP contribution in [0.15, 0.2) is 78.9 Å². The number of halogens is 1. The van der Waals surface area contributed by atoms with Gasteiger partial charge in [-0.05, 0) is 79.2 Å². The number of hydrogen-bond acceptors (Lipinski definition) is 3. The molecule has 0 bridgehead atoms. The zero-order valence-electron chi connectivity index (χ0n) is 15.4. The van der Waals surface area contributed by atoms with Crippen LogP contribution in [0.3, 0.4) is 0 Å². The molecule has 3 aromatic rings. The first-order chi connectivity index (χ1) is 13.6. The molecule has 0 saturated carbocycles. The average Bonchev–Trinajstić information content (AvgIpc) is 2.71. The van der Waals surface area contributed by atoms with Crippen LogP contribution in [0.1, 0.15) is 12.5 Å². The van der Waals surface area contributed by atoms with Crippen LogP contribution >= 0.6 is 0 Å². The predicted molar refractivity (Wildman–Crippen MR) is 108 cm³/mol. The average molecular weight is 377 g/mol. The molecular formula is C23H20FNO3. The Hall–Kier alpha value is -3.60. The highest BCUT2D eigenvalue weighted by molar-refractivity contribution is 6.01. The number of nitrogens with one attached hydrogen (secondary N) is 1. The van der Waals surface area contributed by atoms with Crippen molar-refractivity contribution in [2.45, 2.75) is 6.92 Å². The zero-order valence-corrected chi connectivity index (χ0v) is 15.4. The van der Waals surface area contributed by atoms with Gasteiger partial charge < -0.3 is 14.8 Å². The molecule has 4 nitrogen and oxygen atoms in total. The molecule has 0 aliphatic heterocycles. The van der Waals surface area contributed by atoms with Crippen molar-refractivity contribution in [1.29, 1.82) is 0 Å². The van der Waals surface area contributed by atoms with Crippen LogP contribution in [0.2, 0.25) is 0 Å². The summed E-state index contributed by atoms with van der Waals surface area (Å²) in [5.41, 5.74) is 1.39. The Morgan fingerprint density at radius 2 is 1.46 bits per heavy atom.